The van der Waals surface area contributed by atoms with Gasteiger partial charge in [0.1, 0.15) is 12.4 Å². The second kappa shape index (κ2) is 7.75. The van der Waals surface area contributed by atoms with Crippen LogP contribution in [0, 0.1) is 5.41 Å². The lowest BCUT2D eigenvalue weighted by atomic mass is 9.96. The van der Waals surface area contributed by atoms with Crippen LogP contribution in [-0.2, 0) is 9.53 Å². The van der Waals surface area contributed by atoms with Crippen molar-refractivity contribution in [2.45, 2.75) is 39.7 Å². The topological polar surface area (TPSA) is 59.6 Å². The van der Waals surface area contributed by atoms with E-state index < -0.39 is 5.41 Å². The standard InChI is InChI=1S/C17H24N2O3S/c1-17(2,3)15(20)19-16(23)18-13-8-4-5-9-14(13)22-11-12-7-6-10-21-12/h4-5,8-9,12H,6-7,10-11H2,1-3H3,(H2,18,19,20,23). The van der Waals surface area contributed by atoms with Gasteiger partial charge in [-0.1, -0.05) is 32.9 Å². The Morgan fingerprint density at radius 2 is 2.13 bits per heavy atom. The van der Waals surface area contributed by atoms with Crippen molar-refractivity contribution in [2.24, 2.45) is 5.41 Å². The number of carbonyl (C=O) groups is 1. The molecule has 1 aromatic rings. The number of anilines is 1. The molecule has 23 heavy (non-hydrogen) atoms. The summed E-state index contributed by atoms with van der Waals surface area (Å²) in [6.45, 7) is 6.83. The van der Waals surface area contributed by atoms with Gasteiger partial charge in [0.15, 0.2) is 5.11 Å². The maximum Gasteiger partial charge on any atom is 0.231 e. The molecule has 6 heteroatoms. The zero-order valence-electron chi connectivity index (χ0n) is 13.8. The number of carbonyl (C=O) groups excluding carboxylic acids is 1. The molecule has 0 aliphatic carbocycles. The molecule has 1 saturated heterocycles. The molecule has 2 N–H and O–H groups in total. The smallest absolute Gasteiger partial charge is 0.231 e. The van der Waals surface area contributed by atoms with Gasteiger partial charge >= 0.3 is 0 Å². The molecule has 0 radical (unpaired) electrons. The number of benzene rings is 1. The van der Waals surface area contributed by atoms with Gasteiger partial charge in [-0.2, -0.15) is 0 Å². The van der Waals surface area contributed by atoms with Crippen molar-refractivity contribution in [3.05, 3.63) is 24.3 Å². The first-order valence-corrected chi connectivity index (χ1v) is 8.23. The van der Waals surface area contributed by atoms with Gasteiger partial charge in [0.25, 0.3) is 0 Å². The van der Waals surface area contributed by atoms with Crippen LogP contribution in [0.5, 0.6) is 5.75 Å². The summed E-state index contributed by atoms with van der Waals surface area (Å²) in [5, 5.41) is 5.98. The number of hydrogen-bond acceptors (Lipinski definition) is 4. The van der Waals surface area contributed by atoms with Crippen molar-refractivity contribution in [1.29, 1.82) is 0 Å². The van der Waals surface area contributed by atoms with Crippen LogP contribution in [0.2, 0.25) is 0 Å². The molecule has 1 atom stereocenters. The Balaban J connectivity index is 1.93. The van der Waals surface area contributed by atoms with E-state index in [1.54, 1.807) is 0 Å². The minimum atomic E-state index is -0.498. The fourth-order valence-corrected chi connectivity index (χ4v) is 2.30. The van der Waals surface area contributed by atoms with Crippen LogP contribution in [-0.4, -0.2) is 30.3 Å². The molecule has 1 aliphatic heterocycles. The summed E-state index contributed by atoms with van der Waals surface area (Å²) in [6.07, 6.45) is 2.25. The summed E-state index contributed by atoms with van der Waals surface area (Å²) < 4.78 is 11.4. The summed E-state index contributed by atoms with van der Waals surface area (Å²) in [5.74, 6) is 0.558. The van der Waals surface area contributed by atoms with Crippen molar-refractivity contribution >= 4 is 28.9 Å². The van der Waals surface area contributed by atoms with Crippen molar-refractivity contribution < 1.29 is 14.3 Å². The summed E-state index contributed by atoms with van der Waals surface area (Å²) in [7, 11) is 0. The summed E-state index contributed by atoms with van der Waals surface area (Å²) in [4.78, 5) is 12.0. The average molecular weight is 336 g/mol. The molecular weight excluding hydrogens is 312 g/mol. The molecule has 126 valence electrons. The average Bonchev–Trinajstić information content (AvgIpc) is 2.98. The van der Waals surface area contributed by atoms with E-state index >= 15 is 0 Å². The highest BCUT2D eigenvalue weighted by Gasteiger charge is 2.22. The lowest BCUT2D eigenvalue weighted by Crippen LogP contribution is -2.41. The zero-order chi connectivity index (χ0) is 16.9. The Bertz CT molecular complexity index is 563. The van der Waals surface area contributed by atoms with E-state index in [9.17, 15) is 4.79 Å². The van der Waals surface area contributed by atoms with E-state index in [4.69, 9.17) is 21.7 Å². The largest absolute Gasteiger partial charge is 0.489 e. The Kier molecular flexibility index (Phi) is 5.96. The van der Waals surface area contributed by atoms with E-state index in [-0.39, 0.29) is 17.1 Å². The van der Waals surface area contributed by atoms with Crippen molar-refractivity contribution in [3.8, 4) is 5.75 Å². The van der Waals surface area contributed by atoms with Crippen LogP contribution in [0.4, 0.5) is 5.69 Å². The zero-order valence-corrected chi connectivity index (χ0v) is 14.7. The molecule has 1 amide bonds. The van der Waals surface area contributed by atoms with Gasteiger partial charge in [0.2, 0.25) is 5.91 Å². The molecule has 1 aromatic carbocycles. The van der Waals surface area contributed by atoms with E-state index in [2.05, 4.69) is 10.6 Å². The number of ether oxygens (including phenoxy) is 2. The highest BCUT2D eigenvalue weighted by atomic mass is 32.1. The minimum Gasteiger partial charge on any atom is -0.489 e. The van der Waals surface area contributed by atoms with E-state index in [0.717, 1.165) is 25.1 Å². The predicted octanol–water partition coefficient (Wildman–Crippen LogP) is 3.10. The SMILES string of the molecule is CC(C)(C)C(=O)NC(=S)Nc1ccccc1OCC1CCCO1. The first-order valence-electron chi connectivity index (χ1n) is 7.82. The van der Waals surface area contributed by atoms with Crippen molar-refractivity contribution in [3.63, 3.8) is 0 Å². The number of amides is 1. The third-order valence-electron chi connectivity index (χ3n) is 3.49. The maximum absolute atomic E-state index is 12.0. The van der Waals surface area contributed by atoms with Gasteiger partial charge in [-0.15, -0.1) is 0 Å². The second-order valence-corrected chi connectivity index (χ2v) is 7.01. The molecule has 1 heterocycles. The molecular formula is C17H24N2O3S. The number of nitrogens with one attached hydrogen (secondary N) is 2. The Labute approximate surface area is 142 Å². The molecule has 5 nitrogen and oxygen atoms in total. The van der Waals surface area contributed by atoms with Crippen molar-refractivity contribution in [1.82, 2.24) is 5.32 Å². The summed E-state index contributed by atoms with van der Waals surface area (Å²) in [6, 6.07) is 7.51. The highest BCUT2D eigenvalue weighted by molar-refractivity contribution is 7.80. The quantitative estimate of drug-likeness (QED) is 0.828. The van der Waals surface area contributed by atoms with Gasteiger partial charge in [0, 0.05) is 12.0 Å². The third-order valence-corrected chi connectivity index (χ3v) is 3.70. The normalized spacial score (nSPS) is 17.6. The van der Waals surface area contributed by atoms with Gasteiger partial charge in [-0.05, 0) is 37.2 Å². The Morgan fingerprint density at radius 1 is 1.39 bits per heavy atom. The Hall–Kier alpha value is -1.66. The lowest BCUT2D eigenvalue weighted by Gasteiger charge is -2.20. The lowest BCUT2D eigenvalue weighted by molar-refractivity contribution is -0.126. The first kappa shape index (κ1) is 17.7. The molecule has 1 unspecified atom stereocenters. The highest BCUT2D eigenvalue weighted by Crippen LogP contribution is 2.25. The van der Waals surface area contributed by atoms with Gasteiger partial charge in [-0.3, -0.25) is 4.79 Å². The van der Waals surface area contributed by atoms with Crippen LogP contribution in [0.25, 0.3) is 0 Å². The van der Waals surface area contributed by atoms with E-state index in [1.807, 2.05) is 45.0 Å². The predicted molar refractivity (Wildman–Crippen MR) is 94.7 cm³/mol. The maximum atomic E-state index is 12.0. The third kappa shape index (κ3) is 5.48. The molecule has 2 rings (SSSR count). The number of hydrogen-bond donors (Lipinski definition) is 2. The second-order valence-electron chi connectivity index (χ2n) is 6.60. The fraction of sp³-hybridized carbons (Fsp3) is 0.529. The molecule has 0 aromatic heterocycles. The van der Waals surface area contributed by atoms with Gasteiger partial charge < -0.3 is 20.1 Å². The Morgan fingerprint density at radius 3 is 2.78 bits per heavy atom. The number of para-hydroxylation sites is 2. The minimum absolute atomic E-state index is 0.132. The van der Waals surface area contributed by atoms with Crippen molar-refractivity contribution in [2.75, 3.05) is 18.5 Å². The van der Waals surface area contributed by atoms with Crippen LogP contribution in [0.15, 0.2) is 24.3 Å². The number of rotatable bonds is 4. The monoisotopic (exact) mass is 336 g/mol. The molecule has 0 spiro atoms. The van der Waals surface area contributed by atoms with Crippen LogP contribution < -0.4 is 15.4 Å². The molecule has 0 bridgehead atoms. The van der Waals surface area contributed by atoms with Crippen LogP contribution in [0.3, 0.4) is 0 Å². The van der Waals surface area contributed by atoms with E-state index in [1.165, 1.54) is 0 Å². The fourth-order valence-electron chi connectivity index (χ4n) is 2.10. The summed E-state index contributed by atoms with van der Waals surface area (Å²) >= 11 is 5.21. The molecule has 1 aliphatic rings. The van der Waals surface area contributed by atoms with E-state index in [0.29, 0.717) is 12.4 Å². The molecule has 0 saturated carbocycles. The van der Waals surface area contributed by atoms with Crippen LogP contribution >= 0.6 is 12.2 Å². The van der Waals surface area contributed by atoms with Crippen LogP contribution in [0.1, 0.15) is 33.6 Å². The first-order chi connectivity index (χ1) is 10.9. The van der Waals surface area contributed by atoms with Gasteiger partial charge in [0.05, 0.1) is 11.8 Å². The molecule has 1 fully saturated rings. The van der Waals surface area contributed by atoms with Gasteiger partial charge in [-0.25, -0.2) is 0 Å². The summed E-state index contributed by atoms with van der Waals surface area (Å²) in [5.41, 5.74) is 0.228. The number of thiocarbonyl (C=S) groups is 1.